The van der Waals surface area contributed by atoms with Gasteiger partial charge in [0.1, 0.15) is 11.7 Å². The molecule has 0 aliphatic heterocycles. The molecular weight excluding hydrogens is 265 g/mol. The second-order valence-corrected chi connectivity index (χ2v) is 5.53. The molecule has 1 aromatic rings. The van der Waals surface area contributed by atoms with Crippen molar-refractivity contribution in [3.05, 3.63) is 34.6 Å². The SMILES string of the molecule is CC1CCCC1C(=O)C(C#N)c1cccc(Cl)c1F. The molecule has 2 nitrogen and oxygen atoms in total. The van der Waals surface area contributed by atoms with Crippen molar-refractivity contribution in [2.75, 3.05) is 0 Å². The molecule has 4 heteroatoms. The highest BCUT2D eigenvalue weighted by Gasteiger charge is 2.36. The Morgan fingerprint density at radius 2 is 2.26 bits per heavy atom. The number of ketones is 1. The zero-order chi connectivity index (χ0) is 14.0. The summed E-state index contributed by atoms with van der Waals surface area (Å²) in [5.41, 5.74) is 0.0964. The summed E-state index contributed by atoms with van der Waals surface area (Å²) >= 11 is 5.71. The largest absolute Gasteiger partial charge is 0.298 e. The second kappa shape index (κ2) is 5.71. The number of Topliss-reactive ketones (excluding diaryl/α,β-unsaturated/α-hetero) is 1. The third-order valence-corrected chi connectivity index (χ3v) is 4.22. The standard InChI is InChI=1S/C15H15ClFNO/c1-9-4-2-5-10(9)15(19)12(8-18)11-6-3-7-13(16)14(11)17/h3,6-7,9-10,12H,2,4-5H2,1H3. The molecule has 1 saturated carbocycles. The molecular formula is C15H15ClFNO. The van der Waals surface area contributed by atoms with E-state index >= 15 is 0 Å². The fraction of sp³-hybridized carbons (Fsp3) is 0.467. The Kier molecular flexibility index (Phi) is 4.21. The number of hydrogen-bond donors (Lipinski definition) is 0. The zero-order valence-electron chi connectivity index (χ0n) is 10.7. The summed E-state index contributed by atoms with van der Waals surface area (Å²) in [7, 11) is 0. The lowest BCUT2D eigenvalue weighted by Gasteiger charge is -2.18. The van der Waals surface area contributed by atoms with Gasteiger partial charge >= 0.3 is 0 Å². The Morgan fingerprint density at radius 1 is 1.53 bits per heavy atom. The summed E-state index contributed by atoms with van der Waals surface area (Å²) in [6, 6.07) is 6.38. The van der Waals surface area contributed by atoms with E-state index in [-0.39, 0.29) is 28.2 Å². The topological polar surface area (TPSA) is 40.9 Å². The van der Waals surface area contributed by atoms with Crippen molar-refractivity contribution in [3.63, 3.8) is 0 Å². The van der Waals surface area contributed by atoms with Crippen LogP contribution in [0.4, 0.5) is 4.39 Å². The molecule has 0 heterocycles. The van der Waals surface area contributed by atoms with Crippen LogP contribution in [0.15, 0.2) is 18.2 Å². The summed E-state index contributed by atoms with van der Waals surface area (Å²) in [6.07, 6.45) is 2.78. The lowest BCUT2D eigenvalue weighted by Crippen LogP contribution is -2.24. The molecule has 1 aliphatic carbocycles. The molecule has 0 amide bonds. The van der Waals surface area contributed by atoms with Crippen LogP contribution >= 0.6 is 11.6 Å². The molecule has 0 bridgehead atoms. The summed E-state index contributed by atoms with van der Waals surface area (Å²) in [6.45, 7) is 2.01. The van der Waals surface area contributed by atoms with Gasteiger partial charge in [-0.05, 0) is 24.8 Å². The Labute approximate surface area is 117 Å². The van der Waals surface area contributed by atoms with Crippen molar-refractivity contribution >= 4 is 17.4 Å². The number of benzene rings is 1. The van der Waals surface area contributed by atoms with Gasteiger partial charge in [0.05, 0.1) is 11.1 Å². The zero-order valence-corrected chi connectivity index (χ0v) is 11.5. The Balaban J connectivity index is 2.32. The predicted octanol–water partition coefficient (Wildman–Crippen LogP) is 4.09. The molecule has 0 spiro atoms. The predicted molar refractivity (Wildman–Crippen MR) is 71.3 cm³/mol. The van der Waals surface area contributed by atoms with Crippen molar-refractivity contribution in [1.82, 2.24) is 0 Å². The monoisotopic (exact) mass is 279 g/mol. The first-order valence-corrected chi connectivity index (χ1v) is 6.81. The van der Waals surface area contributed by atoms with Gasteiger partial charge in [-0.15, -0.1) is 0 Å². The van der Waals surface area contributed by atoms with E-state index in [1.165, 1.54) is 12.1 Å². The van der Waals surface area contributed by atoms with Gasteiger partial charge < -0.3 is 0 Å². The third-order valence-electron chi connectivity index (χ3n) is 3.93. The van der Waals surface area contributed by atoms with Crippen molar-refractivity contribution in [1.29, 1.82) is 5.26 Å². The molecule has 0 N–H and O–H groups in total. The normalized spacial score (nSPS) is 23.9. The van der Waals surface area contributed by atoms with Crippen molar-refractivity contribution in [2.45, 2.75) is 32.1 Å². The van der Waals surface area contributed by atoms with E-state index in [4.69, 9.17) is 11.6 Å². The van der Waals surface area contributed by atoms with Crippen LogP contribution in [0.25, 0.3) is 0 Å². The van der Waals surface area contributed by atoms with E-state index < -0.39 is 11.7 Å². The van der Waals surface area contributed by atoms with Gasteiger partial charge in [0, 0.05) is 11.5 Å². The number of nitriles is 1. The van der Waals surface area contributed by atoms with Crippen molar-refractivity contribution in [3.8, 4) is 6.07 Å². The number of hydrogen-bond acceptors (Lipinski definition) is 2. The maximum Gasteiger partial charge on any atom is 0.157 e. The van der Waals surface area contributed by atoms with E-state index in [2.05, 4.69) is 0 Å². The quantitative estimate of drug-likeness (QED) is 0.836. The summed E-state index contributed by atoms with van der Waals surface area (Å²) < 4.78 is 13.9. The summed E-state index contributed by atoms with van der Waals surface area (Å²) in [4.78, 5) is 12.4. The highest BCUT2D eigenvalue weighted by Crippen LogP contribution is 2.36. The molecule has 0 radical (unpaired) electrons. The molecule has 0 aromatic heterocycles. The van der Waals surface area contributed by atoms with Gasteiger partial charge in [-0.1, -0.05) is 37.1 Å². The molecule has 2 rings (SSSR count). The van der Waals surface area contributed by atoms with E-state index in [1.807, 2.05) is 13.0 Å². The average molecular weight is 280 g/mol. The maximum absolute atomic E-state index is 13.9. The van der Waals surface area contributed by atoms with Gasteiger partial charge in [-0.3, -0.25) is 4.79 Å². The van der Waals surface area contributed by atoms with Gasteiger partial charge in [-0.25, -0.2) is 4.39 Å². The van der Waals surface area contributed by atoms with Gasteiger partial charge in [0.15, 0.2) is 5.78 Å². The minimum absolute atomic E-state index is 0.0509. The van der Waals surface area contributed by atoms with Crippen LogP contribution in [0.2, 0.25) is 5.02 Å². The summed E-state index contributed by atoms with van der Waals surface area (Å²) in [5, 5.41) is 9.18. The molecule has 100 valence electrons. The van der Waals surface area contributed by atoms with Crippen molar-refractivity contribution < 1.29 is 9.18 Å². The van der Waals surface area contributed by atoms with E-state index in [0.717, 1.165) is 19.3 Å². The van der Waals surface area contributed by atoms with E-state index in [9.17, 15) is 14.4 Å². The lowest BCUT2D eigenvalue weighted by atomic mass is 9.83. The van der Waals surface area contributed by atoms with Crippen molar-refractivity contribution in [2.24, 2.45) is 11.8 Å². The fourth-order valence-electron chi connectivity index (χ4n) is 2.81. The highest BCUT2D eigenvalue weighted by atomic mass is 35.5. The van der Waals surface area contributed by atoms with Crippen LogP contribution < -0.4 is 0 Å². The average Bonchev–Trinajstić information content (AvgIpc) is 2.81. The smallest absolute Gasteiger partial charge is 0.157 e. The first-order chi connectivity index (χ1) is 9.06. The number of halogens is 2. The second-order valence-electron chi connectivity index (χ2n) is 5.12. The molecule has 0 saturated heterocycles. The van der Waals surface area contributed by atoms with E-state index in [1.54, 1.807) is 6.07 Å². The van der Waals surface area contributed by atoms with E-state index in [0.29, 0.717) is 0 Å². The highest BCUT2D eigenvalue weighted by molar-refractivity contribution is 6.30. The van der Waals surface area contributed by atoms with Crippen LogP contribution in [0.1, 0.15) is 37.7 Å². The Morgan fingerprint density at radius 3 is 2.84 bits per heavy atom. The minimum atomic E-state index is -1.05. The number of carbonyl (C=O) groups excluding carboxylic acids is 1. The first-order valence-electron chi connectivity index (χ1n) is 6.43. The third kappa shape index (κ3) is 2.64. The molecule has 3 unspecified atom stereocenters. The maximum atomic E-state index is 13.9. The van der Waals surface area contributed by atoms with Crippen LogP contribution in [-0.4, -0.2) is 5.78 Å². The number of carbonyl (C=O) groups is 1. The molecule has 3 atom stereocenters. The van der Waals surface area contributed by atoms with Crippen LogP contribution in [0.5, 0.6) is 0 Å². The minimum Gasteiger partial charge on any atom is -0.298 e. The van der Waals surface area contributed by atoms with Crippen LogP contribution in [0.3, 0.4) is 0 Å². The van der Waals surface area contributed by atoms with Gasteiger partial charge in [0.25, 0.3) is 0 Å². The Bertz CT molecular complexity index is 537. The first kappa shape index (κ1) is 14.0. The van der Waals surface area contributed by atoms with Crippen LogP contribution in [-0.2, 0) is 4.79 Å². The fourth-order valence-corrected chi connectivity index (χ4v) is 2.99. The summed E-state index contributed by atoms with van der Waals surface area (Å²) in [5.74, 6) is -1.75. The number of nitrogens with zero attached hydrogens (tertiary/aromatic N) is 1. The molecule has 1 aliphatic rings. The molecule has 1 aromatic carbocycles. The Hall–Kier alpha value is -1.40. The van der Waals surface area contributed by atoms with Gasteiger partial charge in [-0.2, -0.15) is 5.26 Å². The van der Waals surface area contributed by atoms with Gasteiger partial charge in [0.2, 0.25) is 0 Å². The molecule has 1 fully saturated rings. The lowest BCUT2D eigenvalue weighted by molar-refractivity contribution is -0.124. The van der Waals surface area contributed by atoms with Crippen LogP contribution in [0, 0.1) is 29.0 Å². The molecule has 19 heavy (non-hydrogen) atoms. The number of rotatable bonds is 3.